The molecule has 98 heavy (non-hydrogen) atoms. The van der Waals surface area contributed by atoms with E-state index in [2.05, 4.69) is 125 Å². The third kappa shape index (κ3) is 115. The molecule has 0 aromatic heterocycles. The number of rotatable bonds is 22. The summed E-state index contributed by atoms with van der Waals surface area (Å²) in [6.07, 6.45) is -33.5. The molecule has 0 saturated carbocycles. The van der Waals surface area contributed by atoms with Crippen molar-refractivity contribution < 1.29 is 119 Å². The van der Waals surface area contributed by atoms with Crippen molar-refractivity contribution in [2.24, 2.45) is 70.0 Å². The number of unbranched alkanes of at least 4 members (excludes halogenated alkanes) is 5. The minimum Gasteiger partial charge on any atom is -0.171 e. The van der Waals surface area contributed by atoms with Crippen molar-refractivity contribution in [1.29, 1.82) is 0 Å². The highest BCUT2D eigenvalue weighted by atomic mass is 19.4. The van der Waals surface area contributed by atoms with Gasteiger partial charge in [0, 0.05) is 19.3 Å². The molecule has 0 bridgehead atoms. The minimum absolute atomic E-state index is 0.0658. The standard InChI is InChI=1S/2C7H10F6.2C7H13F3.C7H16.C6H8F6.C6H11F3.4C6H14/c1-4(2)3-5(6(8,9)10)7(11,12)13;1-2-3-4-5(6(8,9)10)7(11,12)13;1-3-4-6(2)5-7(8,9)10;1-2-3-4-5-6-7(8,9)10;1-4-5-6-7(2)3;1-2-3-4(5(7,8)9)6(10,11)12;1-5(2)3-4-6(7,8)9;2*1-5-6(2,3)4;1-5(2)6(3)4;1-4-6(3)5-2/h4-5H,3H2,1-2H3;5H,2-4H2,1H3;6H,3-5H2,1-2H3;2-6H2,1H3;7H,4-6H2,1-3H3;4H,2-3H2,1H3;5H,3-4H2,1-2H3;2*5H2,1-4H3;5-6H,1-4H3;6H,4-5H2,1-3H3/t;;6-;;;;;;;;/m..0......../s1. The first-order chi connectivity index (χ1) is 43.2. The van der Waals surface area contributed by atoms with Crippen LogP contribution in [0.3, 0.4) is 0 Å². The van der Waals surface area contributed by atoms with Crippen molar-refractivity contribution >= 4 is 0 Å². The van der Waals surface area contributed by atoms with Crippen LogP contribution in [0.4, 0.5) is 119 Å². The molecule has 0 fully saturated rings. The normalized spacial score (nSPS) is 12.9. The second-order valence-electron chi connectivity index (χ2n) is 28.9. The fraction of sp³-hybridized carbons (Fsp3) is 1.00. The van der Waals surface area contributed by atoms with Gasteiger partial charge in [0.05, 0.1) is 0 Å². The summed E-state index contributed by atoms with van der Waals surface area (Å²) in [5.41, 5.74) is 1.08. The van der Waals surface area contributed by atoms with Crippen molar-refractivity contribution in [3.63, 3.8) is 0 Å². The maximum Gasteiger partial charge on any atom is 0.400 e. The quantitative estimate of drug-likeness (QED) is 0.0749. The molecule has 0 aliphatic rings. The molecular formula is C71H137F27. The number of hydrogen-bond acceptors (Lipinski definition) is 0. The Bertz CT molecular complexity index is 1540. The van der Waals surface area contributed by atoms with Crippen molar-refractivity contribution in [3.05, 3.63) is 0 Å². The van der Waals surface area contributed by atoms with E-state index in [0.29, 0.717) is 30.1 Å². The Hall–Kier alpha value is -1.89. The smallest absolute Gasteiger partial charge is 0.171 e. The van der Waals surface area contributed by atoms with Crippen LogP contribution in [0.15, 0.2) is 0 Å². The van der Waals surface area contributed by atoms with E-state index in [-0.39, 0.29) is 37.5 Å². The largest absolute Gasteiger partial charge is 0.400 e. The van der Waals surface area contributed by atoms with Gasteiger partial charge in [0.2, 0.25) is 0 Å². The van der Waals surface area contributed by atoms with E-state index in [9.17, 15) is 119 Å². The Morgan fingerprint density at radius 3 is 0.663 bits per heavy atom. The minimum atomic E-state index is -5.19. The highest BCUT2D eigenvalue weighted by Crippen LogP contribution is 2.44. The Morgan fingerprint density at radius 2 is 0.520 bits per heavy atom. The second kappa shape index (κ2) is 61.4. The van der Waals surface area contributed by atoms with Crippen LogP contribution >= 0.6 is 0 Å². The number of hydrogen-bond donors (Lipinski definition) is 0. The maximum absolute atomic E-state index is 11.9. The number of halogens is 27. The van der Waals surface area contributed by atoms with Gasteiger partial charge in [-0.2, -0.15) is 119 Å². The molecule has 0 unspecified atom stereocenters. The summed E-state index contributed by atoms with van der Waals surface area (Å²) in [6.45, 7) is 54.9. The first-order valence-corrected chi connectivity index (χ1v) is 34.8. The molecular weight excluding hydrogens is 1370 g/mol. The molecule has 610 valence electrons. The second-order valence-corrected chi connectivity index (χ2v) is 28.9. The molecule has 0 amide bonds. The summed E-state index contributed by atoms with van der Waals surface area (Å²) >= 11 is 0. The Balaban J connectivity index is -0.0000000955. The van der Waals surface area contributed by atoms with Gasteiger partial charge in [-0.05, 0) is 84.4 Å². The van der Waals surface area contributed by atoms with Crippen LogP contribution in [0, 0.1) is 70.0 Å². The molecule has 0 radical (unpaired) electrons. The molecule has 27 heteroatoms. The summed E-state index contributed by atoms with van der Waals surface area (Å²) in [6, 6.07) is 0. The molecule has 0 aromatic rings. The van der Waals surface area contributed by atoms with Crippen LogP contribution in [0.1, 0.15) is 335 Å². The van der Waals surface area contributed by atoms with Gasteiger partial charge in [0.25, 0.3) is 0 Å². The lowest BCUT2D eigenvalue weighted by atomic mass is 9.94. The van der Waals surface area contributed by atoms with Gasteiger partial charge in [-0.1, -0.05) is 283 Å². The van der Waals surface area contributed by atoms with Gasteiger partial charge in [0.1, 0.15) is 0 Å². The van der Waals surface area contributed by atoms with Crippen LogP contribution in [0.2, 0.25) is 0 Å². The SMILES string of the molecule is CC(C)C(C)C.CC(C)CC(C(F)(F)F)C(F)(F)F.CC(C)CCC(F)(F)F.CCC(C)(C)C.CCC(C)(C)C.CCC(C)CC.CCCC(C(F)(F)F)C(F)(F)F.CCCCC(C(F)(F)F)C(F)(F)F.CCCCC(C)C.CCCCCCC(F)(F)F.CCC[C@H](C)CC(F)(F)F. The van der Waals surface area contributed by atoms with Gasteiger partial charge in [-0.3, -0.25) is 0 Å². The van der Waals surface area contributed by atoms with E-state index >= 15 is 0 Å². The predicted octanol–water partition coefficient (Wildman–Crippen LogP) is 33.6. The van der Waals surface area contributed by atoms with Gasteiger partial charge in [-0.15, -0.1) is 0 Å². The van der Waals surface area contributed by atoms with Gasteiger partial charge < -0.3 is 0 Å². The molecule has 0 spiro atoms. The fourth-order valence-corrected chi connectivity index (χ4v) is 5.74. The predicted molar refractivity (Wildman–Crippen MR) is 354 cm³/mol. The highest BCUT2D eigenvalue weighted by Gasteiger charge is 2.57. The first-order valence-electron chi connectivity index (χ1n) is 34.8. The lowest BCUT2D eigenvalue weighted by Gasteiger charge is -2.24. The van der Waals surface area contributed by atoms with E-state index in [1.54, 1.807) is 27.7 Å². The molecule has 0 nitrogen and oxygen atoms in total. The Kier molecular flexibility index (Phi) is 75.2. The molecule has 0 aromatic carbocycles. The van der Waals surface area contributed by atoms with Crippen LogP contribution in [0.5, 0.6) is 0 Å². The van der Waals surface area contributed by atoms with Crippen LogP contribution in [-0.2, 0) is 0 Å². The van der Waals surface area contributed by atoms with Crippen LogP contribution < -0.4 is 0 Å². The van der Waals surface area contributed by atoms with Crippen molar-refractivity contribution in [1.82, 2.24) is 0 Å². The lowest BCUT2D eigenvalue weighted by Crippen LogP contribution is -2.37. The third-order valence-electron chi connectivity index (χ3n) is 14.2. The molecule has 0 aliphatic carbocycles. The first kappa shape index (κ1) is 120. The maximum atomic E-state index is 11.9. The van der Waals surface area contributed by atoms with E-state index in [1.807, 2.05) is 13.8 Å². The van der Waals surface area contributed by atoms with Gasteiger partial charge in [0.15, 0.2) is 17.8 Å². The average Bonchev–Trinajstić information content (AvgIpc) is 0.851. The van der Waals surface area contributed by atoms with Gasteiger partial charge in [-0.25, -0.2) is 0 Å². The molecule has 0 heterocycles. The van der Waals surface area contributed by atoms with Crippen molar-refractivity contribution in [3.8, 4) is 0 Å². The third-order valence-corrected chi connectivity index (χ3v) is 14.2. The topological polar surface area (TPSA) is 0 Å². The van der Waals surface area contributed by atoms with Crippen molar-refractivity contribution in [2.45, 2.75) is 390 Å². The summed E-state index contributed by atoms with van der Waals surface area (Å²) < 4.78 is 316. The molecule has 0 saturated heterocycles. The molecule has 0 aliphatic heterocycles. The summed E-state index contributed by atoms with van der Waals surface area (Å²) in [7, 11) is 0. The summed E-state index contributed by atoms with van der Waals surface area (Å²) in [5.74, 6) is -6.69. The number of alkyl halides is 27. The fourth-order valence-electron chi connectivity index (χ4n) is 5.74. The van der Waals surface area contributed by atoms with Gasteiger partial charge >= 0.3 is 55.6 Å². The Labute approximate surface area is 577 Å². The summed E-state index contributed by atoms with van der Waals surface area (Å²) in [4.78, 5) is 0. The van der Waals surface area contributed by atoms with Crippen molar-refractivity contribution in [2.75, 3.05) is 0 Å². The zero-order valence-electron chi connectivity index (χ0n) is 64.7. The monoisotopic (exact) mass is 1500 g/mol. The molecule has 1 atom stereocenters. The highest BCUT2D eigenvalue weighted by molar-refractivity contribution is 4.77. The van der Waals surface area contributed by atoms with E-state index in [0.717, 1.165) is 42.9 Å². The van der Waals surface area contributed by atoms with Crippen LogP contribution in [-0.4, -0.2) is 55.6 Å². The Morgan fingerprint density at radius 1 is 0.245 bits per heavy atom. The molecule has 0 N–H and O–H groups in total. The zero-order chi connectivity index (χ0) is 81.5. The zero-order valence-corrected chi connectivity index (χ0v) is 64.7. The lowest BCUT2D eigenvalue weighted by molar-refractivity contribution is -0.288. The average molecular weight is 1500 g/mol. The molecule has 0 rings (SSSR count). The van der Waals surface area contributed by atoms with E-state index in [1.165, 1.54) is 65.7 Å². The van der Waals surface area contributed by atoms with E-state index < -0.39 is 118 Å². The summed E-state index contributed by atoms with van der Waals surface area (Å²) in [5, 5.41) is 0. The van der Waals surface area contributed by atoms with Crippen LogP contribution in [0.25, 0.3) is 0 Å². The van der Waals surface area contributed by atoms with E-state index in [4.69, 9.17) is 0 Å².